The van der Waals surface area contributed by atoms with Gasteiger partial charge >= 0.3 is 5.97 Å². The Bertz CT molecular complexity index is 241. The van der Waals surface area contributed by atoms with E-state index in [1.807, 2.05) is 0 Å². The number of hydrogen-bond donors (Lipinski definition) is 0. The highest BCUT2D eigenvalue weighted by molar-refractivity contribution is 5.66. The number of unbranched alkanes of at least 4 members (excludes halogenated alkanes) is 8. The second-order valence-electron chi connectivity index (χ2n) is 6.44. The van der Waals surface area contributed by atoms with Crippen LogP contribution in [0.25, 0.3) is 0 Å². The number of carbonyl (C=O) groups excluding carboxylic acids is 1. The van der Waals surface area contributed by atoms with Crippen molar-refractivity contribution in [1.29, 1.82) is 0 Å². The molecule has 0 saturated carbocycles. The largest absolute Gasteiger partial charge is 0.463 e. The van der Waals surface area contributed by atoms with Crippen molar-refractivity contribution in [3.8, 4) is 0 Å². The van der Waals surface area contributed by atoms with Crippen LogP contribution >= 0.6 is 0 Å². The Morgan fingerprint density at radius 3 is 1.90 bits per heavy atom. The minimum Gasteiger partial charge on any atom is -0.463 e. The second-order valence-corrected chi connectivity index (χ2v) is 6.44. The molecule has 0 rings (SSSR count). The van der Waals surface area contributed by atoms with Gasteiger partial charge in [-0.25, -0.2) is 0 Å². The summed E-state index contributed by atoms with van der Waals surface area (Å²) in [4.78, 5) is 13.3. The van der Waals surface area contributed by atoms with Gasteiger partial charge in [-0.3, -0.25) is 4.79 Å². The summed E-state index contributed by atoms with van der Waals surface area (Å²) in [6.07, 6.45) is 14.1. The van der Waals surface area contributed by atoms with Crippen LogP contribution in [0.4, 0.5) is 0 Å². The normalized spacial score (nSPS) is 12.6. The average Bonchev–Trinajstić information content (AvgIpc) is 2.42. The van der Waals surface area contributed by atoms with E-state index in [4.69, 9.17) is 4.74 Å². The summed E-state index contributed by atoms with van der Waals surface area (Å²) in [6, 6.07) is 0. The molecule has 1 atom stereocenters. The molecule has 0 fully saturated rings. The second kappa shape index (κ2) is 14.4. The number of esters is 1. The Morgan fingerprint density at radius 1 is 0.905 bits per heavy atom. The first-order valence-electron chi connectivity index (χ1n) is 8.88. The van der Waals surface area contributed by atoms with Gasteiger partial charge in [0, 0.05) is 13.5 Å². The molecule has 0 aliphatic rings. The van der Waals surface area contributed by atoms with Crippen LogP contribution in [0.2, 0.25) is 0 Å². The zero-order valence-corrected chi connectivity index (χ0v) is 14.8. The van der Waals surface area contributed by atoms with Crippen LogP contribution in [0.15, 0.2) is 0 Å². The molecule has 0 saturated heterocycles. The first kappa shape index (κ1) is 20.4. The third-order valence-electron chi connectivity index (χ3n) is 3.86. The molecule has 0 amide bonds. The Hall–Kier alpha value is -0.570. The van der Waals surface area contributed by atoms with Crippen molar-refractivity contribution < 1.29 is 9.53 Å². The van der Waals surface area contributed by atoms with Crippen LogP contribution in [0.3, 0.4) is 0 Å². The van der Waals surface area contributed by atoms with Crippen LogP contribution in [-0.2, 0) is 9.53 Å². The van der Waals surface area contributed by atoms with Crippen molar-refractivity contribution in [2.24, 2.45) is 0 Å². The van der Waals surface area contributed by atoms with Crippen LogP contribution in [0.5, 0.6) is 0 Å². The van der Waals surface area contributed by atoms with Gasteiger partial charge in [0.1, 0.15) is 6.10 Å². The molecular weight excluding hydrogens is 262 g/mol. The third kappa shape index (κ3) is 15.6. The Kier molecular flexibility index (Phi) is 14.0. The van der Waals surface area contributed by atoms with E-state index >= 15 is 0 Å². The van der Waals surface area contributed by atoms with Gasteiger partial charge in [0.05, 0.1) is 0 Å². The van der Waals surface area contributed by atoms with E-state index in [1.54, 1.807) is 0 Å². The lowest BCUT2D eigenvalue weighted by atomic mass is 10.0. The summed E-state index contributed by atoms with van der Waals surface area (Å²) < 4.78 is 5.41. The molecule has 0 aliphatic heterocycles. The molecule has 0 aromatic carbocycles. The van der Waals surface area contributed by atoms with Gasteiger partial charge in [-0.15, -0.1) is 0 Å². The van der Waals surface area contributed by atoms with Gasteiger partial charge < -0.3 is 9.64 Å². The molecule has 0 spiro atoms. The van der Waals surface area contributed by atoms with E-state index in [0.717, 1.165) is 19.4 Å². The van der Waals surface area contributed by atoms with Gasteiger partial charge in [-0.05, 0) is 33.4 Å². The van der Waals surface area contributed by atoms with Gasteiger partial charge in [0.25, 0.3) is 0 Å². The maximum Gasteiger partial charge on any atom is 0.302 e. The summed E-state index contributed by atoms with van der Waals surface area (Å²) >= 11 is 0. The van der Waals surface area contributed by atoms with Gasteiger partial charge in [0.15, 0.2) is 0 Å². The number of nitrogens with zero attached hydrogens (tertiary/aromatic N) is 1. The lowest BCUT2D eigenvalue weighted by Gasteiger charge is -2.19. The van der Waals surface area contributed by atoms with Crippen molar-refractivity contribution in [1.82, 2.24) is 4.90 Å². The highest BCUT2D eigenvalue weighted by atomic mass is 16.5. The summed E-state index contributed by atoms with van der Waals surface area (Å²) in [5.74, 6) is -0.144. The maximum atomic E-state index is 11.1. The molecule has 0 bridgehead atoms. The quantitative estimate of drug-likeness (QED) is 0.341. The first-order chi connectivity index (χ1) is 10.1. The van der Waals surface area contributed by atoms with Crippen LogP contribution < -0.4 is 0 Å². The number of ether oxygens (including phenoxy) is 1. The fourth-order valence-corrected chi connectivity index (χ4v) is 2.58. The molecule has 21 heavy (non-hydrogen) atoms. The molecule has 3 heteroatoms. The Labute approximate surface area is 132 Å². The first-order valence-corrected chi connectivity index (χ1v) is 8.88. The van der Waals surface area contributed by atoms with Crippen molar-refractivity contribution >= 4 is 5.97 Å². The highest BCUT2D eigenvalue weighted by Gasteiger charge is 2.11. The molecule has 0 unspecified atom stereocenters. The fourth-order valence-electron chi connectivity index (χ4n) is 2.58. The fraction of sp³-hybridized carbons (Fsp3) is 0.944. The van der Waals surface area contributed by atoms with Crippen LogP contribution in [-0.4, -0.2) is 37.6 Å². The van der Waals surface area contributed by atoms with E-state index in [2.05, 4.69) is 25.9 Å². The summed E-state index contributed by atoms with van der Waals surface area (Å²) in [7, 11) is 4.12. The number of hydrogen-bond acceptors (Lipinski definition) is 3. The predicted octanol–water partition coefficient (Wildman–Crippen LogP) is 4.79. The summed E-state index contributed by atoms with van der Waals surface area (Å²) in [5, 5.41) is 0. The smallest absolute Gasteiger partial charge is 0.302 e. The van der Waals surface area contributed by atoms with E-state index in [1.165, 1.54) is 64.7 Å². The minimum absolute atomic E-state index is 0.106. The lowest BCUT2D eigenvalue weighted by Crippen LogP contribution is -2.23. The van der Waals surface area contributed by atoms with Gasteiger partial charge in [-0.1, -0.05) is 58.3 Å². The summed E-state index contributed by atoms with van der Waals surface area (Å²) in [6.45, 7) is 4.75. The number of rotatable bonds is 14. The van der Waals surface area contributed by atoms with Crippen molar-refractivity contribution in [3.63, 3.8) is 0 Å². The molecule has 0 heterocycles. The Balaban J connectivity index is 3.56. The van der Waals surface area contributed by atoms with Crippen LogP contribution in [0, 0.1) is 0 Å². The lowest BCUT2D eigenvalue weighted by molar-refractivity contribution is -0.147. The number of carbonyl (C=O) groups is 1. The molecule has 0 radical (unpaired) electrons. The zero-order chi connectivity index (χ0) is 15.9. The molecular formula is C18H37NO2. The zero-order valence-electron chi connectivity index (χ0n) is 14.8. The molecule has 0 aromatic heterocycles. The predicted molar refractivity (Wildman–Crippen MR) is 90.6 cm³/mol. The monoisotopic (exact) mass is 299 g/mol. The van der Waals surface area contributed by atoms with Crippen molar-refractivity contribution in [2.75, 3.05) is 20.6 Å². The van der Waals surface area contributed by atoms with Gasteiger partial charge in [0.2, 0.25) is 0 Å². The average molecular weight is 299 g/mol. The summed E-state index contributed by atoms with van der Waals surface area (Å²) in [5.41, 5.74) is 0. The topological polar surface area (TPSA) is 29.5 Å². The molecule has 126 valence electrons. The SMILES string of the molecule is CCCCCCCCCCC[C@@H](CCN(C)C)OC(C)=O. The van der Waals surface area contributed by atoms with Crippen molar-refractivity contribution in [3.05, 3.63) is 0 Å². The van der Waals surface area contributed by atoms with Crippen LogP contribution in [0.1, 0.15) is 84.5 Å². The molecule has 3 nitrogen and oxygen atoms in total. The standard InChI is InChI=1S/C18H37NO2/c1-5-6-7-8-9-10-11-12-13-14-18(21-17(2)20)15-16-19(3)4/h18H,5-16H2,1-4H3/t18-/m0/s1. The maximum absolute atomic E-state index is 11.1. The van der Waals surface area contributed by atoms with E-state index in [0.29, 0.717) is 0 Å². The molecule has 0 aromatic rings. The van der Waals surface area contributed by atoms with E-state index in [9.17, 15) is 4.79 Å². The van der Waals surface area contributed by atoms with Gasteiger partial charge in [-0.2, -0.15) is 0 Å². The third-order valence-corrected chi connectivity index (χ3v) is 3.86. The van der Waals surface area contributed by atoms with E-state index < -0.39 is 0 Å². The Morgan fingerprint density at radius 2 is 1.43 bits per heavy atom. The highest BCUT2D eigenvalue weighted by Crippen LogP contribution is 2.14. The van der Waals surface area contributed by atoms with E-state index in [-0.39, 0.29) is 12.1 Å². The van der Waals surface area contributed by atoms with Crippen molar-refractivity contribution in [2.45, 2.75) is 90.6 Å². The minimum atomic E-state index is -0.144. The molecule has 0 N–H and O–H groups in total. The molecule has 0 aliphatic carbocycles.